The molecule has 1 N–H and O–H groups in total. The van der Waals surface area contributed by atoms with Crippen molar-refractivity contribution < 1.29 is 26.4 Å². The quantitative estimate of drug-likeness (QED) is 0.398. The summed E-state index contributed by atoms with van der Waals surface area (Å²) in [6, 6.07) is 17.4. The number of hydrogen-bond acceptors (Lipinski definition) is 0. The molecule has 0 saturated carbocycles. The zero-order chi connectivity index (χ0) is 13.5. The van der Waals surface area contributed by atoms with Gasteiger partial charge in [-0.3, -0.25) is 0 Å². The van der Waals surface area contributed by atoms with Gasteiger partial charge in [0.25, 0.3) is 0 Å². The van der Waals surface area contributed by atoms with E-state index < -0.39 is 0 Å². The molecule has 0 atom stereocenters. The summed E-state index contributed by atoms with van der Waals surface area (Å²) in [6.45, 7) is 11.0. The molecular formula is C14H13FeNO2. The van der Waals surface area contributed by atoms with Crippen molar-refractivity contribution in [2.24, 2.45) is 0 Å². The van der Waals surface area contributed by atoms with Crippen molar-refractivity contribution in [3.63, 3.8) is 0 Å². The van der Waals surface area contributed by atoms with Crippen LogP contribution in [-0.4, -0.2) is 0 Å². The Morgan fingerprint density at radius 2 is 1.33 bits per heavy atom. The topological polar surface area (TPSA) is 63.6 Å². The maximum atomic E-state index is 7.50. The number of aryl methyl sites for hydroxylation is 1. The van der Waals surface area contributed by atoms with E-state index in [4.69, 9.17) is 15.0 Å². The number of benzene rings is 1. The van der Waals surface area contributed by atoms with Crippen LogP contribution in [0.4, 0.5) is 5.69 Å². The molecule has 0 unspecified atom stereocenters. The fourth-order valence-electron chi connectivity index (χ4n) is 0.874. The first kappa shape index (κ1) is 21.6. The number of rotatable bonds is 0. The van der Waals surface area contributed by atoms with Gasteiger partial charge in [0.05, 0.1) is 0 Å². The van der Waals surface area contributed by atoms with Crippen LogP contribution in [0.15, 0.2) is 54.6 Å². The van der Waals surface area contributed by atoms with Crippen molar-refractivity contribution in [3.8, 4) is 0 Å². The minimum atomic E-state index is 0. The maximum Gasteiger partial charge on any atom is 2.00 e. The van der Waals surface area contributed by atoms with Crippen LogP contribution in [0.1, 0.15) is 5.56 Å². The summed E-state index contributed by atoms with van der Waals surface area (Å²) in [4.78, 5) is 0. The summed E-state index contributed by atoms with van der Waals surface area (Å²) < 4.78 is 15.0. The minimum absolute atomic E-state index is 0. The molecule has 2 aromatic rings. The van der Waals surface area contributed by atoms with E-state index in [1.165, 1.54) is 5.56 Å². The molecule has 0 saturated heterocycles. The number of hydrogen-bond donors (Lipinski definition) is 0. The summed E-state index contributed by atoms with van der Waals surface area (Å²) in [7, 11) is 0. The van der Waals surface area contributed by atoms with E-state index >= 15 is 0 Å². The normalized spacial score (nSPS) is 6.50. The molecule has 0 radical (unpaired) electrons. The van der Waals surface area contributed by atoms with E-state index in [1.54, 1.807) is 12.1 Å². The molecule has 0 bridgehead atoms. The van der Waals surface area contributed by atoms with Gasteiger partial charge in [-0.1, -0.05) is 29.8 Å². The smallest absolute Gasteiger partial charge is 0.214 e. The summed E-state index contributed by atoms with van der Waals surface area (Å²) >= 11 is 0. The van der Waals surface area contributed by atoms with Crippen molar-refractivity contribution in [1.82, 2.24) is 0 Å². The van der Waals surface area contributed by atoms with Gasteiger partial charge < -0.3 is 5.73 Å². The zero-order valence-electron chi connectivity index (χ0n) is 9.87. The second-order valence-corrected chi connectivity index (χ2v) is 2.83. The van der Waals surface area contributed by atoms with Crippen molar-refractivity contribution in [2.45, 2.75) is 6.92 Å². The van der Waals surface area contributed by atoms with Gasteiger partial charge in [-0.25, -0.2) is 12.1 Å². The van der Waals surface area contributed by atoms with Crippen LogP contribution < -0.4 is 0 Å². The van der Waals surface area contributed by atoms with E-state index in [0.717, 1.165) is 0 Å². The molecule has 18 heavy (non-hydrogen) atoms. The molecular weight excluding hydrogens is 270 g/mol. The van der Waals surface area contributed by atoms with Gasteiger partial charge in [0.15, 0.2) is 0 Å². The van der Waals surface area contributed by atoms with Crippen molar-refractivity contribution in [2.75, 3.05) is 0 Å². The maximum absolute atomic E-state index is 7.50. The Hall–Kier alpha value is -1.63. The van der Waals surface area contributed by atoms with Crippen LogP contribution in [0.2, 0.25) is 0 Å². The van der Waals surface area contributed by atoms with E-state index in [0.29, 0.717) is 5.69 Å². The largest absolute Gasteiger partial charge is 2.00 e. The van der Waals surface area contributed by atoms with Gasteiger partial charge in [0, 0.05) is 0 Å². The van der Waals surface area contributed by atoms with Crippen molar-refractivity contribution >= 4 is 5.69 Å². The fraction of sp³-hybridized carbons (Fsp3) is 0.0714. The van der Waals surface area contributed by atoms with Gasteiger partial charge >= 0.3 is 39.7 Å². The van der Waals surface area contributed by atoms with Gasteiger partial charge in [-0.2, -0.15) is 18.2 Å². The molecule has 0 aliphatic heterocycles. The monoisotopic (exact) mass is 283 g/mol. The Labute approximate surface area is 118 Å². The number of nitrogens with one attached hydrogen (secondary N) is 1. The van der Waals surface area contributed by atoms with Crippen molar-refractivity contribution in [3.05, 3.63) is 79.2 Å². The third kappa shape index (κ3) is 14.4. The van der Waals surface area contributed by atoms with Crippen LogP contribution in [0.3, 0.4) is 0 Å². The Morgan fingerprint density at radius 1 is 0.944 bits per heavy atom. The van der Waals surface area contributed by atoms with E-state index in [-0.39, 0.29) is 17.1 Å². The average Bonchev–Trinajstić information content (AvgIpc) is 2.97. The molecule has 0 spiro atoms. The Balaban J connectivity index is -0.000000196. The molecule has 0 fully saturated rings. The molecule has 0 aliphatic carbocycles. The van der Waals surface area contributed by atoms with Gasteiger partial charge in [0.1, 0.15) is 0 Å². The Kier molecular flexibility index (Phi) is 21.3. The second kappa shape index (κ2) is 17.8. The van der Waals surface area contributed by atoms with Crippen molar-refractivity contribution in [1.29, 1.82) is 0 Å². The Morgan fingerprint density at radius 3 is 1.56 bits per heavy atom. The van der Waals surface area contributed by atoms with Crippen LogP contribution in [0.25, 0.3) is 5.73 Å². The van der Waals surface area contributed by atoms with E-state index in [9.17, 15) is 0 Å². The average molecular weight is 283 g/mol. The summed E-state index contributed by atoms with van der Waals surface area (Å²) in [5.41, 5.74) is 8.88. The molecule has 2 aromatic carbocycles. The van der Waals surface area contributed by atoms with Gasteiger partial charge in [0.2, 0.25) is 0 Å². The van der Waals surface area contributed by atoms with Gasteiger partial charge in [-0.05, 0) is 6.92 Å². The summed E-state index contributed by atoms with van der Waals surface area (Å²) in [6.07, 6.45) is 0. The molecule has 3 nitrogen and oxygen atoms in total. The first-order chi connectivity index (χ1) is 8.29. The van der Waals surface area contributed by atoms with Crippen LogP contribution >= 0.6 is 0 Å². The first-order valence-electron chi connectivity index (χ1n) is 4.65. The van der Waals surface area contributed by atoms with Crippen LogP contribution in [0, 0.1) is 20.2 Å². The SMILES string of the molecule is Cc1ccc([NH-])cc1.[C-]#[O+].[C-]#[O+].[Fe+2].c1cc[cH-]c1. The predicted molar refractivity (Wildman–Crippen MR) is 65.1 cm³/mol. The van der Waals surface area contributed by atoms with Crippen LogP contribution in [-0.2, 0) is 26.4 Å². The van der Waals surface area contributed by atoms with E-state index in [1.807, 2.05) is 49.4 Å². The standard InChI is InChI=1S/C7H8N.C5H5.2CO.Fe/c1-6-2-4-7(8)5-3-6;1-2-4-5-3-1;2*1-2;/h2-5,8H,1H3;1-5H;;;/q2*-1;;;+2. The molecule has 0 amide bonds. The molecule has 0 heterocycles. The minimum Gasteiger partial charge on any atom is -0.214 e. The fourth-order valence-corrected chi connectivity index (χ4v) is 0.874. The third-order valence-electron chi connectivity index (χ3n) is 1.61. The molecule has 0 aromatic heterocycles. The Bertz CT molecular complexity index is 347. The predicted octanol–water partition coefficient (Wildman–Crippen LogP) is 4.01. The zero-order valence-corrected chi connectivity index (χ0v) is 11.0. The first-order valence-corrected chi connectivity index (χ1v) is 4.65. The molecule has 94 valence electrons. The second-order valence-electron chi connectivity index (χ2n) is 2.83. The van der Waals surface area contributed by atoms with Gasteiger partial charge in [-0.15, -0.1) is 5.69 Å². The van der Waals surface area contributed by atoms with E-state index in [2.05, 4.69) is 13.3 Å². The third-order valence-corrected chi connectivity index (χ3v) is 1.61. The van der Waals surface area contributed by atoms with Crippen LogP contribution in [0.5, 0.6) is 0 Å². The molecule has 0 aliphatic rings. The molecule has 4 heteroatoms. The summed E-state index contributed by atoms with van der Waals surface area (Å²) in [5, 5.41) is 0. The molecule has 2 rings (SSSR count). The summed E-state index contributed by atoms with van der Waals surface area (Å²) in [5.74, 6) is 0.